The Balaban J connectivity index is 1.68. The quantitative estimate of drug-likeness (QED) is 0.558. The molecule has 0 aliphatic heterocycles. The van der Waals surface area contributed by atoms with Crippen molar-refractivity contribution in [2.45, 2.75) is 19.4 Å². The summed E-state index contributed by atoms with van der Waals surface area (Å²) in [5.41, 5.74) is 4.02. The summed E-state index contributed by atoms with van der Waals surface area (Å²) in [5, 5.41) is 2.88. The van der Waals surface area contributed by atoms with Gasteiger partial charge in [0, 0.05) is 31.1 Å². The maximum Gasteiger partial charge on any atom is 0.217 e. The van der Waals surface area contributed by atoms with Crippen molar-refractivity contribution in [2.24, 2.45) is 0 Å². The Hall–Kier alpha value is -3.61. The van der Waals surface area contributed by atoms with E-state index in [2.05, 4.69) is 25.3 Å². The minimum absolute atomic E-state index is 0.188. The fourth-order valence-corrected chi connectivity index (χ4v) is 3.15. The second-order valence-electron chi connectivity index (χ2n) is 6.54. The number of amides is 1. The van der Waals surface area contributed by atoms with Gasteiger partial charge in [0.05, 0.1) is 11.6 Å². The van der Waals surface area contributed by atoms with Crippen molar-refractivity contribution in [3.8, 4) is 11.1 Å². The monoisotopic (exact) mass is 375 g/mol. The van der Waals surface area contributed by atoms with E-state index in [1.54, 1.807) is 24.7 Å². The molecule has 140 valence electrons. The Morgan fingerprint density at radius 3 is 2.75 bits per heavy atom. The third-order valence-electron chi connectivity index (χ3n) is 4.41. The van der Waals surface area contributed by atoms with E-state index in [-0.39, 0.29) is 11.7 Å². The molecular formula is C21H18FN5O. The molecule has 7 heteroatoms. The smallest absolute Gasteiger partial charge is 0.217 e. The van der Waals surface area contributed by atoms with Crippen molar-refractivity contribution in [1.82, 2.24) is 25.3 Å². The zero-order valence-corrected chi connectivity index (χ0v) is 15.2. The summed E-state index contributed by atoms with van der Waals surface area (Å²) < 4.78 is 13.5. The van der Waals surface area contributed by atoms with Crippen LogP contribution in [0.4, 0.5) is 4.39 Å². The highest BCUT2D eigenvalue weighted by molar-refractivity contribution is 5.78. The highest BCUT2D eigenvalue weighted by atomic mass is 19.1. The van der Waals surface area contributed by atoms with Gasteiger partial charge in [-0.3, -0.25) is 9.78 Å². The van der Waals surface area contributed by atoms with Crippen molar-refractivity contribution in [2.75, 3.05) is 0 Å². The van der Waals surface area contributed by atoms with Crippen LogP contribution in [0.1, 0.15) is 24.4 Å². The van der Waals surface area contributed by atoms with Crippen LogP contribution >= 0.6 is 0 Å². The third-order valence-corrected chi connectivity index (χ3v) is 4.41. The van der Waals surface area contributed by atoms with Crippen LogP contribution in [-0.4, -0.2) is 25.8 Å². The molecule has 3 aromatic heterocycles. The Morgan fingerprint density at radius 1 is 1.18 bits per heavy atom. The van der Waals surface area contributed by atoms with E-state index in [0.29, 0.717) is 17.9 Å². The number of carbonyl (C=O) groups excluding carboxylic acids is 1. The lowest BCUT2D eigenvalue weighted by Gasteiger charge is -2.15. The molecule has 0 bridgehead atoms. The summed E-state index contributed by atoms with van der Waals surface area (Å²) >= 11 is 0. The molecule has 1 atom stereocenters. The van der Waals surface area contributed by atoms with E-state index in [0.717, 1.165) is 22.2 Å². The van der Waals surface area contributed by atoms with Gasteiger partial charge in [0.2, 0.25) is 5.91 Å². The van der Waals surface area contributed by atoms with Gasteiger partial charge in [0.15, 0.2) is 5.65 Å². The van der Waals surface area contributed by atoms with Crippen molar-refractivity contribution in [1.29, 1.82) is 0 Å². The Labute approximate surface area is 160 Å². The van der Waals surface area contributed by atoms with E-state index >= 15 is 0 Å². The average Bonchev–Trinajstić information content (AvgIpc) is 3.11. The first kappa shape index (κ1) is 17.8. The lowest BCUT2D eigenvalue weighted by atomic mass is 10.1. The van der Waals surface area contributed by atoms with Gasteiger partial charge in [0.1, 0.15) is 11.6 Å². The van der Waals surface area contributed by atoms with Gasteiger partial charge in [-0.05, 0) is 47.9 Å². The van der Waals surface area contributed by atoms with Crippen LogP contribution in [0.5, 0.6) is 0 Å². The number of aromatic nitrogens is 4. The van der Waals surface area contributed by atoms with Crippen molar-refractivity contribution in [3.05, 3.63) is 78.3 Å². The van der Waals surface area contributed by atoms with Gasteiger partial charge in [-0.15, -0.1) is 0 Å². The number of halogens is 1. The number of imidazole rings is 1. The molecule has 2 N–H and O–H groups in total. The second-order valence-corrected chi connectivity index (χ2v) is 6.54. The summed E-state index contributed by atoms with van der Waals surface area (Å²) in [7, 11) is 0. The zero-order chi connectivity index (χ0) is 19.5. The molecular weight excluding hydrogens is 357 g/mol. The molecule has 1 amide bonds. The van der Waals surface area contributed by atoms with Gasteiger partial charge < -0.3 is 10.3 Å². The number of rotatable bonds is 5. The molecule has 0 saturated heterocycles. The van der Waals surface area contributed by atoms with Gasteiger partial charge in [-0.2, -0.15) is 0 Å². The van der Waals surface area contributed by atoms with Crippen molar-refractivity contribution >= 4 is 17.1 Å². The molecule has 28 heavy (non-hydrogen) atoms. The topological polar surface area (TPSA) is 83.6 Å². The SMILES string of the molecule is CC(=O)N[C@H](Cc1cccc(F)c1)c1nc2ncc(-c3ccncc3)cc2[nH]1. The number of pyridine rings is 2. The van der Waals surface area contributed by atoms with Crippen LogP contribution < -0.4 is 5.32 Å². The number of nitrogens with zero attached hydrogens (tertiary/aromatic N) is 3. The zero-order valence-electron chi connectivity index (χ0n) is 15.2. The molecule has 0 spiro atoms. The van der Waals surface area contributed by atoms with Crippen LogP contribution in [0.2, 0.25) is 0 Å². The fourth-order valence-electron chi connectivity index (χ4n) is 3.15. The van der Waals surface area contributed by atoms with Gasteiger partial charge >= 0.3 is 0 Å². The molecule has 4 aromatic rings. The number of hydrogen-bond donors (Lipinski definition) is 2. The summed E-state index contributed by atoms with van der Waals surface area (Å²) in [6.07, 6.45) is 5.62. The molecule has 0 unspecified atom stereocenters. The first-order chi connectivity index (χ1) is 13.6. The lowest BCUT2D eigenvalue weighted by Crippen LogP contribution is -2.28. The molecule has 0 aliphatic carbocycles. The van der Waals surface area contributed by atoms with E-state index in [1.165, 1.54) is 19.1 Å². The molecule has 1 aromatic carbocycles. The normalized spacial score (nSPS) is 12.1. The first-order valence-electron chi connectivity index (χ1n) is 8.86. The van der Waals surface area contributed by atoms with Gasteiger partial charge in [-0.25, -0.2) is 14.4 Å². The Kier molecular flexibility index (Phi) is 4.80. The summed E-state index contributed by atoms with van der Waals surface area (Å²) in [6.45, 7) is 1.45. The third kappa shape index (κ3) is 3.88. The Morgan fingerprint density at radius 2 is 2.00 bits per heavy atom. The minimum Gasteiger partial charge on any atom is -0.346 e. The van der Waals surface area contributed by atoms with E-state index in [9.17, 15) is 9.18 Å². The molecule has 3 heterocycles. The predicted octanol–water partition coefficient (Wildman–Crippen LogP) is 3.58. The second kappa shape index (κ2) is 7.56. The van der Waals surface area contributed by atoms with Crippen molar-refractivity contribution in [3.63, 3.8) is 0 Å². The molecule has 4 rings (SSSR count). The predicted molar refractivity (Wildman–Crippen MR) is 104 cm³/mol. The van der Waals surface area contributed by atoms with Crippen molar-refractivity contribution < 1.29 is 9.18 Å². The summed E-state index contributed by atoms with van der Waals surface area (Å²) in [6, 6.07) is 11.7. The number of hydrogen-bond acceptors (Lipinski definition) is 4. The molecule has 0 aliphatic rings. The lowest BCUT2D eigenvalue weighted by molar-refractivity contribution is -0.119. The van der Waals surface area contributed by atoms with E-state index in [4.69, 9.17) is 0 Å². The summed E-state index contributed by atoms with van der Waals surface area (Å²) in [4.78, 5) is 27.9. The molecule has 0 saturated carbocycles. The maximum atomic E-state index is 13.5. The van der Waals surface area contributed by atoms with Gasteiger partial charge in [-0.1, -0.05) is 12.1 Å². The number of aromatic amines is 1. The number of H-pyrrole nitrogens is 1. The van der Waals surface area contributed by atoms with Crippen LogP contribution in [-0.2, 0) is 11.2 Å². The van der Waals surface area contributed by atoms with Crippen LogP contribution in [0.3, 0.4) is 0 Å². The highest BCUT2D eigenvalue weighted by Gasteiger charge is 2.19. The van der Waals surface area contributed by atoms with Crippen LogP contribution in [0.25, 0.3) is 22.3 Å². The Bertz CT molecular complexity index is 1130. The first-order valence-corrected chi connectivity index (χ1v) is 8.86. The van der Waals surface area contributed by atoms with Crippen LogP contribution in [0, 0.1) is 5.82 Å². The van der Waals surface area contributed by atoms with Crippen LogP contribution in [0.15, 0.2) is 61.1 Å². The standard InChI is InChI=1S/C21H18FN5O/c1-13(28)25-18(10-14-3-2-4-17(22)9-14)21-26-19-11-16(12-24-20(19)27-21)15-5-7-23-8-6-15/h2-9,11-12,18H,10H2,1H3,(H,25,28)(H,24,26,27)/t18-/m1/s1. The molecule has 6 nitrogen and oxygen atoms in total. The fraction of sp³-hybridized carbons (Fsp3) is 0.143. The average molecular weight is 375 g/mol. The van der Waals surface area contributed by atoms with Gasteiger partial charge in [0.25, 0.3) is 0 Å². The minimum atomic E-state index is -0.419. The number of nitrogens with one attached hydrogen (secondary N) is 2. The summed E-state index contributed by atoms with van der Waals surface area (Å²) in [5.74, 6) is 0.0773. The number of carbonyl (C=O) groups is 1. The number of fused-ring (bicyclic) bond motifs is 1. The van der Waals surface area contributed by atoms with E-state index < -0.39 is 6.04 Å². The van der Waals surface area contributed by atoms with E-state index in [1.807, 2.05) is 24.3 Å². The largest absolute Gasteiger partial charge is 0.346 e. The molecule has 0 radical (unpaired) electrons. The number of benzene rings is 1. The highest BCUT2D eigenvalue weighted by Crippen LogP contribution is 2.24. The maximum absolute atomic E-state index is 13.5. The molecule has 0 fully saturated rings.